The largest absolute Gasteiger partial charge is 0.354 e. The highest BCUT2D eigenvalue weighted by Crippen LogP contribution is 2.22. The standard InChI is InChI=1S/C16H24N2O2/c1-5-16(3,4)15(20)18-13(14(19)17-6-2)12-10-8-7-9-11-12/h7-11,13H,5-6H2,1-4H3,(H,17,19)(H,18,20). The maximum Gasteiger partial charge on any atom is 0.247 e. The maximum absolute atomic E-state index is 12.3. The van der Waals surface area contributed by atoms with E-state index in [-0.39, 0.29) is 11.8 Å². The van der Waals surface area contributed by atoms with Crippen molar-refractivity contribution in [3.05, 3.63) is 35.9 Å². The second-order valence-electron chi connectivity index (χ2n) is 5.45. The van der Waals surface area contributed by atoms with E-state index in [0.717, 1.165) is 12.0 Å². The fraction of sp³-hybridized carbons (Fsp3) is 0.500. The summed E-state index contributed by atoms with van der Waals surface area (Å²) < 4.78 is 0. The Morgan fingerprint density at radius 1 is 1.15 bits per heavy atom. The van der Waals surface area contributed by atoms with Crippen molar-refractivity contribution in [1.29, 1.82) is 0 Å². The van der Waals surface area contributed by atoms with Gasteiger partial charge in [0.25, 0.3) is 0 Å². The monoisotopic (exact) mass is 276 g/mol. The highest BCUT2D eigenvalue weighted by atomic mass is 16.2. The van der Waals surface area contributed by atoms with Gasteiger partial charge < -0.3 is 10.6 Å². The van der Waals surface area contributed by atoms with Gasteiger partial charge in [-0.15, -0.1) is 0 Å². The molecule has 0 radical (unpaired) electrons. The molecular formula is C16H24N2O2. The highest BCUT2D eigenvalue weighted by molar-refractivity contribution is 5.90. The van der Waals surface area contributed by atoms with Crippen LogP contribution in [0.1, 0.15) is 45.7 Å². The van der Waals surface area contributed by atoms with Gasteiger partial charge in [0.05, 0.1) is 0 Å². The van der Waals surface area contributed by atoms with Crippen LogP contribution in [0.4, 0.5) is 0 Å². The number of hydrogen-bond donors (Lipinski definition) is 2. The van der Waals surface area contributed by atoms with E-state index >= 15 is 0 Å². The number of nitrogens with one attached hydrogen (secondary N) is 2. The van der Waals surface area contributed by atoms with Crippen molar-refractivity contribution in [2.45, 2.75) is 40.2 Å². The van der Waals surface area contributed by atoms with Gasteiger partial charge in [-0.3, -0.25) is 9.59 Å². The van der Waals surface area contributed by atoms with Crippen LogP contribution in [0, 0.1) is 5.41 Å². The molecule has 2 amide bonds. The summed E-state index contributed by atoms with van der Waals surface area (Å²) in [4.78, 5) is 24.5. The molecule has 4 nitrogen and oxygen atoms in total. The average Bonchev–Trinajstić information content (AvgIpc) is 2.45. The van der Waals surface area contributed by atoms with Gasteiger partial charge in [0.15, 0.2) is 0 Å². The number of carbonyl (C=O) groups excluding carboxylic acids is 2. The van der Waals surface area contributed by atoms with Crippen molar-refractivity contribution in [3.63, 3.8) is 0 Å². The Balaban J connectivity index is 2.95. The smallest absolute Gasteiger partial charge is 0.247 e. The van der Waals surface area contributed by atoms with Crippen LogP contribution in [0.5, 0.6) is 0 Å². The van der Waals surface area contributed by atoms with E-state index in [1.165, 1.54) is 0 Å². The van der Waals surface area contributed by atoms with Crippen LogP contribution in [0.2, 0.25) is 0 Å². The van der Waals surface area contributed by atoms with Crippen molar-refractivity contribution in [2.24, 2.45) is 5.41 Å². The topological polar surface area (TPSA) is 58.2 Å². The number of hydrogen-bond acceptors (Lipinski definition) is 2. The van der Waals surface area contributed by atoms with Gasteiger partial charge in [-0.05, 0) is 18.9 Å². The fourth-order valence-corrected chi connectivity index (χ4v) is 1.71. The van der Waals surface area contributed by atoms with Crippen LogP contribution in [0.15, 0.2) is 30.3 Å². The molecule has 2 N–H and O–H groups in total. The zero-order valence-electron chi connectivity index (χ0n) is 12.7. The summed E-state index contributed by atoms with van der Waals surface area (Å²) in [6.45, 7) is 8.11. The first-order valence-corrected chi connectivity index (χ1v) is 7.06. The van der Waals surface area contributed by atoms with Crippen LogP contribution in [0.25, 0.3) is 0 Å². The van der Waals surface area contributed by atoms with Crippen molar-refractivity contribution < 1.29 is 9.59 Å². The molecule has 0 aliphatic carbocycles. The molecule has 1 aromatic rings. The zero-order chi connectivity index (χ0) is 15.2. The van der Waals surface area contributed by atoms with Gasteiger partial charge >= 0.3 is 0 Å². The SMILES string of the molecule is CCNC(=O)C(NC(=O)C(C)(C)CC)c1ccccc1. The lowest BCUT2D eigenvalue weighted by molar-refractivity contribution is -0.134. The summed E-state index contributed by atoms with van der Waals surface area (Å²) >= 11 is 0. The lowest BCUT2D eigenvalue weighted by atomic mass is 9.88. The van der Waals surface area contributed by atoms with E-state index in [0.29, 0.717) is 6.54 Å². The molecular weight excluding hydrogens is 252 g/mol. The molecule has 4 heteroatoms. The molecule has 1 rings (SSSR count). The van der Waals surface area contributed by atoms with Crippen molar-refractivity contribution in [1.82, 2.24) is 10.6 Å². The quantitative estimate of drug-likeness (QED) is 0.838. The molecule has 0 saturated carbocycles. The van der Waals surface area contributed by atoms with E-state index in [1.54, 1.807) is 0 Å². The van der Waals surface area contributed by atoms with Crippen LogP contribution < -0.4 is 10.6 Å². The normalized spacial score (nSPS) is 12.6. The first kappa shape index (κ1) is 16.2. The summed E-state index contributed by atoms with van der Waals surface area (Å²) in [5.74, 6) is -0.293. The minimum Gasteiger partial charge on any atom is -0.354 e. The van der Waals surface area contributed by atoms with Gasteiger partial charge in [0, 0.05) is 12.0 Å². The van der Waals surface area contributed by atoms with Gasteiger partial charge in [-0.2, -0.15) is 0 Å². The summed E-state index contributed by atoms with van der Waals surface area (Å²) in [7, 11) is 0. The Hall–Kier alpha value is -1.84. The van der Waals surface area contributed by atoms with E-state index in [1.807, 2.05) is 58.0 Å². The fourth-order valence-electron chi connectivity index (χ4n) is 1.71. The number of amides is 2. The van der Waals surface area contributed by atoms with Crippen LogP contribution in [-0.2, 0) is 9.59 Å². The second-order valence-corrected chi connectivity index (χ2v) is 5.45. The predicted octanol–water partition coefficient (Wildman–Crippen LogP) is 2.42. The van der Waals surface area contributed by atoms with Gasteiger partial charge in [-0.1, -0.05) is 51.1 Å². The number of likely N-dealkylation sites (N-methyl/N-ethyl adjacent to an activating group) is 1. The van der Waals surface area contributed by atoms with E-state index in [2.05, 4.69) is 10.6 Å². The minimum atomic E-state index is -0.644. The molecule has 0 fully saturated rings. The Labute approximate surface area is 121 Å². The number of carbonyl (C=O) groups is 2. The van der Waals surface area contributed by atoms with Crippen molar-refractivity contribution in [3.8, 4) is 0 Å². The lowest BCUT2D eigenvalue weighted by Crippen LogP contribution is -2.45. The van der Waals surface area contributed by atoms with Crippen LogP contribution in [-0.4, -0.2) is 18.4 Å². The molecule has 20 heavy (non-hydrogen) atoms. The minimum absolute atomic E-state index is 0.111. The van der Waals surface area contributed by atoms with E-state index in [4.69, 9.17) is 0 Å². The average molecular weight is 276 g/mol. The lowest BCUT2D eigenvalue weighted by Gasteiger charge is -2.26. The zero-order valence-corrected chi connectivity index (χ0v) is 12.7. The van der Waals surface area contributed by atoms with Gasteiger partial charge in [0.1, 0.15) is 6.04 Å². The maximum atomic E-state index is 12.3. The molecule has 0 heterocycles. The summed E-state index contributed by atoms with van der Waals surface area (Å²) in [6.07, 6.45) is 0.718. The summed E-state index contributed by atoms with van der Waals surface area (Å²) in [6, 6.07) is 8.65. The third kappa shape index (κ3) is 4.08. The summed E-state index contributed by atoms with van der Waals surface area (Å²) in [5.41, 5.74) is 0.304. The Morgan fingerprint density at radius 2 is 1.75 bits per heavy atom. The molecule has 1 atom stereocenters. The molecule has 0 aromatic heterocycles. The molecule has 0 spiro atoms. The molecule has 0 aliphatic heterocycles. The Morgan fingerprint density at radius 3 is 2.25 bits per heavy atom. The Kier molecular flexibility index (Phi) is 5.74. The van der Waals surface area contributed by atoms with Gasteiger partial charge in [-0.25, -0.2) is 0 Å². The number of rotatable bonds is 6. The third-order valence-corrected chi connectivity index (χ3v) is 3.52. The van der Waals surface area contributed by atoms with Crippen molar-refractivity contribution >= 4 is 11.8 Å². The predicted molar refractivity (Wildman–Crippen MR) is 80.1 cm³/mol. The van der Waals surface area contributed by atoms with Crippen LogP contribution >= 0.6 is 0 Å². The van der Waals surface area contributed by atoms with Crippen LogP contribution in [0.3, 0.4) is 0 Å². The second kappa shape index (κ2) is 7.08. The van der Waals surface area contributed by atoms with Gasteiger partial charge in [0.2, 0.25) is 11.8 Å². The van der Waals surface area contributed by atoms with E-state index in [9.17, 15) is 9.59 Å². The first-order valence-electron chi connectivity index (χ1n) is 7.06. The molecule has 0 bridgehead atoms. The van der Waals surface area contributed by atoms with Crippen molar-refractivity contribution in [2.75, 3.05) is 6.54 Å². The Bertz CT molecular complexity index is 455. The highest BCUT2D eigenvalue weighted by Gasteiger charge is 2.30. The summed E-state index contributed by atoms with van der Waals surface area (Å²) in [5, 5.41) is 5.62. The molecule has 0 aliphatic rings. The van der Waals surface area contributed by atoms with E-state index < -0.39 is 11.5 Å². The first-order chi connectivity index (χ1) is 9.42. The molecule has 110 valence electrons. The molecule has 1 aromatic carbocycles. The third-order valence-electron chi connectivity index (χ3n) is 3.52. The molecule has 1 unspecified atom stereocenters. The number of benzene rings is 1. The molecule has 0 saturated heterocycles.